The zero-order valence-corrected chi connectivity index (χ0v) is 14.5. The van der Waals surface area contributed by atoms with E-state index in [1.807, 2.05) is 25.1 Å². The molecule has 0 saturated heterocycles. The van der Waals surface area contributed by atoms with E-state index in [0.717, 1.165) is 11.1 Å². The number of benzene rings is 2. The van der Waals surface area contributed by atoms with E-state index in [1.165, 1.54) is 0 Å². The summed E-state index contributed by atoms with van der Waals surface area (Å²) in [4.78, 5) is 12.4. The van der Waals surface area contributed by atoms with Gasteiger partial charge in [0.2, 0.25) is 0 Å². The molecule has 0 radical (unpaired) electrons. The predicted molar refractivity (Wildman–Crippen MR) is 96.9 cm³/mol. The first-order valence-electron chi connectivity index (χ1n) is 7.37. The summed E-state index contributed by atoms with van der Waals surface area (Å²) in [7, 11) is 0. The molecule has 1 amide bonds. The van der Waals surface area contributed by atoms with Crippen LogP contribution >= 0.6 is 23.2 Å². The van der Waals surface area contributed by atoms with E-state index in [9.17, 15) is 4.79 Å². The van der Waals surface area contributed by atoms with Crippen molar-refractivity contribution in [2.45, 2.75) is 13.5 Å². The van der Waals surface area contributed by atoms with E-state index in [0.29, 0.717) is 28.0 Å². The number of carbonyl (C=O) groups is 1. The minimum Gasteiger partial charge on any atom is -0.307 e. The van der Waals surface area contributed by atoms with Crippen molar-refractivity contribution in [2.75, 3.05) is 5.32 Å². The van der Waals surface area contributed by atoms with Crippen molar-refractivity contribution in [2.24, 2.45) is 0 Å². The Morgan fingerprint density at radius 3 is 2.54 bits per heavy atom. The molecule has 0 atom stereocenters. The molecule has 1 heterocycles. The first-order valence-corrected chi connectivity index (χ1v) is 8.13. The lowest BCUT2D eigenvalue weighted by Gasteiger charge is -2.11. The average molecular weight is 360 g/mol. The molecule has 0 unspecified atom stereocenters. The second-order valence-corrected chi connectivity index (χ2v) is 6.21. The Morgan fingerprint density at radius 2 is 1.83 bits per heavy atom. The maximum atomic E-state index is 12.4. The van der Waals surface area contributed by atoms with Crippen LogP contribution in [0.15, 0.2) is 54.7 Å². The average Bonchev–Trinajstić information content (AvgIpc) is 2.98. The summed E-state index contributed by atoms with van der Waals surface area (Å²) in [6.45, 7) is 2.31. The van der Waals surface area contributed by atoms with Gasteiger partial charge in [0.25, 0.3) is 5.91 Å². The molecular weight excluding hydrogens is 345 g/mol. The van der Waals surface area contributed by atoms with Crippen molar-refractivity contribution in [3.8, 4) is 0 Å². The van der Waals surface area contributed by atoms with Gasteiger partial charge >= 0.3 is 0 Å². The highest BCUT2D eigenvalue weighted by molar-refractivity contribution is 6.36. The largest absolute Gasteiger partial charge is 0.307 e. The van der Waals surface area contributed by atoms with Gasteiger partial charge in [-0.15, -0.1) is 0 Å². The summed E-state index contributed by atoms with van der Waals surface area (Å²) >= 11 is 12.4. The molecule has 0 saturated carbocycles. The number of anilines is 1. The third kappa shape index (κ3) is 3.61. The van der Waals surface area contributed by atoms with Crippen LogP contribution in [0.25, 0.3) is 0 Å². The van der Waals surface area contributed by atoms with Crippen molar-refractivity contribution >= 4 is 34.9 Å². The second kappa shape index (κ2) is 7.07. The third-order valence-corrected chi connectivity index (χ3v) is 4.32. The normalized spacial score (nSPS) is 10.6. The number of nitrogens with zero attached hydrogens (tertiary/aromatic N) is 2. The molecule has 0 aliphatic carbocycles. The Morgan fingerprint density at radius 1 is 1.12 bits per heavy atom. The van der Waals surface area contributed by atoms with E-state index < -0.39 is 0 Å². The van der Waals surface area contributed by atoms with Crippen LogP contribution in [0.5, 0.6) is 0 Å². The molecule has 1 N–H and O–H groups in total. The topological polar surface area (TPSA) is 46.9 Å². The fourth-order valence-corrected chi connectivity index (χ4v) is 2.89. The summed E-state index contributed by atoms with van der Waals surface area (Å²) in [6.07, 6.45) is 1.62. The lowest BCUT2D eigenvalue weighted by atomic mass is 10.1. The number of rotatable bonds is 4. The highest BCUT2D eigenvalue weighted by atomic mass is 35.5. The van der Waals surface area contributed by atoms with Gasteiger partial charge in [0.1, 0.15) is 5.82 Å². The number of hydrogen-bond acceptors (Lipinski definition) is 2. The number of amides is 1. The monoisotopic (exact) mass is 359 g/mol. The van der Waals surface area contributed by atoms with E-state index in [-0.39, 0.29) is 5.91 Å². The number of hydrogen-bond donors (Lipinski definition) is 1. The van der Waals surface area contributed by atoms with E-state index in [1.54, 1.807) is 41.2 Å². The number of aryl methyl sites for hydroxylation is 1. The maximum Gasteiger partial charge on any atom is 0.256 e. The number of nitrogens with one attached hydrogen (secondary N) is 1. The van der Waals surface area contributed by atoms with Crippen LogP contribution in [-0.4, -0.2) is 15.7 Å². The van der Waals surface area contributed by atoms with Crippen LogP contribution in [0, 0.1) is 6.92 Å². The number of halogens is 2. The molecule has 3 rings (SSSR count). The minimum absolute atomic E-state index is 0.189. The quantitative estimate of drug-likeness (QED) is 0.727. The zero-order valence-electron chi connectivity index (χ0n) is 13.0. The van der Waals surface area contributed by atoms with Crippen LogP contribution < -0.4 is 5.32 Å². The van der Waals surface area contributed by atoms with Gasteiger partial charge in [-0.05, 0) is 31.2 Å². The van der Waals surface area contributed by atoms with Crippen LogP contribution in [-0.2, 0) is 6.54 Å². The Bertz CT molecular complexity index is 869. The maximum absolute atomic E-state index is 12.4. The first-order chi connectivity index (χ1) is 11.5. The minimum atomic E-state index is -0.189. The summed E-state index contributed by atoms with van der Waals surface area (Å²) < 4.78 is 1.65. The summed E-state index contributed by atoms with van der Waals surface area (Å²) in [6, 6.07) is 14.5. The summed E-state index contributed by atoms with van der Waals surface area (Å²) in [5, 5.41) is 8.24. The fourth-order valence-electron chi connectivity index (χ4n) is 2.37. The van der Waals surface area contributed by atoms with Gasteiger partial charge in [-0.2, -0.15) is 5.10 Å². The zero-order chi connectivity index (χ0) is 17.1. The van der Waals surface area contributed by atoms with Gasteiger partial charge in [0.05, 0.1) is 12.7 Å². The van der Waals surface area contributed by atoms with Crippen LogP contribution in [0.3, 0.4) is 0 Å². The van der Waals surface area contributed by atoms with Gasteiger partial charge in [-0.25, -0.2) is 4.68 Å². The second-order valence-electron chi connectivity index (χ2n) is 5.40. The molecule has 122 valence electrons. The van der Waals surface area contributed by atoms with Crippen molar-refractivity contribution in [3.05, 3.63) is 81.5 Å². The molecule has 6 heteroatoms. The molecule has 3 aromatic rings. The van der Waals surface area contributed by atoms with Crippen molar-refractivity contribution in [3.63, 3.8) is 0 Å². The third-order valence-electron chi connectivity index (χ3n) is 3.61. The molecule has 0 bridgehead atoms. The summed E-state index contributed by atoms with van der Waals surface area (Å²) in [5.41, 5.74) is 2.38. The highest BCUT2D eigenvalue weighted by Crippen LogP contribution is 2.26. The van der Waals surface area contributed by atoms with E-state index >= 15 is 0 Å². The predicted octanol–water partition coefficient (Wildman–Crippen LogP) is 4.80. The lowest BCUT2D eigenvalue weighted by molar-refractivity contribution is 0.102. The van der Waals surface area contributed by atoms with Crippen LogP contribution in [0.1, 0.15) is 21.5 Å². The standard InChI is InChI=1S/C18H15Cl2N3O/c1-12-4-2-5-13(10-12)18(24)22-17-8-9-21-23(17)11-14-15(19)6-3-7-16(14)20/h2-10H,11H2,1H3,(H,22,24). The van der Waals surface area contributed by atoms with Crippen LogP contribution in [0.4, 0.5) is 5.82 Å². The van der Waals surface area contributed by atoms with Gasteiger partial charge in [0, 0.05) is 27.2 Å². The van der Waals surface area contributed by atoms with Crippen LogP contribution in [0.2, 0.25) is 10.0 Å². The smallest absolute Gasteiger partial charge is 0.256 e. The molecule has 0 aliphatic rings. The fraction of sp³-hybridized carbons (Fsp3) is 0.111. The molecule has 2 aromatic carbocycles. The Balaban J connectivity index is 1.82. The van der Waals surface area contributed by atoms with Gasteiger partial charge < -0.3 is 5.32 Å². The number of aromatic nitrogens is 2. The summed E-state index contributed by atoms with van der Waals surface area (Å²) in [5.74, 6) is 0.392. The molecule has 0 spiro atoms. The van der Waals surface area contributed by atoms with E-state index in [2.05, 4.69) is 10.4 Å². The molecule has 1 aromatic heterocycles. The lowest BCUT2D eigenvalue weighted by Crippen LogP contribution is -2.16. The van der Waals surface area contributed by atoms with Crippen molar-refractivity contribution in [1.82, 2.24) is 9.78 Å². The van der Waals surface area contributed by atoms with Crippen molar-refractivity contribution < 1.29 is 4.79 Å². The van der Waals surface area contributed by atoms with Gasteiger partial charge in [-0.3, -0.25) is 4.79 Å². The first kappa shape index (κ1) is 16.6. The Labute approximate surface area is 150 Å². The van der Waals surface area contributed by atoms with Gasteiger partial charge in [0.15, 0.2) is 0 Å². The van der Waals surface area contributed by atoms with Gasteiger partial charge in [-0.1, -0.05) is 47.0 Å². The van der Waals surface area contributed by atoms with Crippen molar-refractivity contribution in [1.29, 1.82) is 0 Å². The number of carbonyl (C=O) groups excluding carboxylic acids is 1. The molecular formula is C18H15Cl2N3O. The SMILES string of the molecule is Cc1cccc(C(=O)Nc2ccnn2Cc2c(Cl)cccc2Cl)c1. The molecule has 24 heavy (non-hydrogen) atoms. The Kier molecular flexibility index (Phi) is 4.88. The molecule has 0 fully saturated rings. The Hall–Kier alpha value is -2.30. The highest BCUT2D eigenvalue weighted by Gasteiger charge is 2.12. The van der Waals surface area contributed by atoms with E-state index in [4.69, 9.17) is 23.2 Å². The molecule has 4 nitrogen and oxygen atoms in total. The molecule has 0 aliphatic heterocycles.